The van der Waals surface area contributed by atoms with E-state index in [1.165, 1.54) is 13.3 Å². The predicted octanol–water partition coefficient (Wildman–Crippen LogP) is 7.65. The van der Waals surface area contributed by atoms with E-state index in [0.29, 0.717) is 71.7 Å². The molecule has 4 aliphatic heterocycles. The van der Waals surface area contributed by atoms with E-state index in [1.54, 1.807) is 62.3 Å². The molecule has 6 aliphatic carbocycles. The number of cyclic esters (lactones) is 1. The number of hydrogen-bond acceptors (Lipinski definition) is 19. The number of hydrogen-bond donors (Lipinski definition) is 1. The average molecular weight is 1080 g/mol. The lowest BCUT2D eigenvalue weighted by Crippen LogP contribution is -2.60. The first kappa shape index (κ1) is 60.3. The van der Waals surface area contributed by atoms with Gasteiger partial charge in [0.05, 0.1) is 36.8 Å². The van der Waals surface area contributed by atoms with Crippen LogP contribution in [0.1, 0.15) is 146 Å². The molecule has 20 nitrogen and oxygen atoms in total. The summed E-state index contributed by atoms with van der Waals surface area (Å²) < 4.78 is 47.5. The molecule has 10 rings (SSSR count). The topological polar surface area (TPSA) is 260 Å². The van der Waals surface area contributed by atoms with Crippen molar-refractivity contribution in [2.75, 3.05) is 13.2 Å². The Kier molecular flexibility index (Phi) is 18.5. The van der Waals surface area contributed by atoms with Crippen molar-refractivity contribution in [2.24, 2.45) is 41.4 Å². The number of carbonyl (C=O) groups is 9. The second-order valence-electron chi connectivity index (χ2n) is 24.6. The summed E-state index contributed by atoms with van der Waals surface area (Å²) in [6, 6.07) is 0. The third-order valence-corrected chi connectivity index (χ3v) is 15.2. The number of unbranched alkanes of at least 4 members (excludes halogenated alkanes) is 1. The van der Waals surface area contributed by atoms with Crippen LogP contribution >= 0.6 is 0 Å². The minimum atomic E-state index is -1.09. The lowest BCUT2D eigenvalue weighted by molar-refractivity contribution is -0.217. The number of aliphatic hydroxyl groups is 1. The van der Waals surface area contributed by atoms with Gasteiger partial charge in [-0.2, -0.15) is 0 Å². The Morgan fingerprint density at radius 2 is 1.23 bits per heavy atom. The summed E-state index contributed by atoms with van der Waals surface area (Å²) in [5.41, 5.74) is -1.24. The van der Waals surface area contributed by atoms with Crippen LogP contribution in [0, 0.1) is 41.4 Å². The van der Waals surface area contributed by atoms with Crippen molar-refractivity contribution in [3.8, 4) is 0 Å². The van der Waals surface area contributed by atoms with Crippen molar-refractivity contribution in [3.63, 3.8) is 0 Å². The zero-order valence-corrected chi connectivity index (χ0v) is 46.4. The van der Waals surface area contributed by atoms with E-state index in [2.05, 4.69) is 26.3 Å². The summed E-state index contributed by atoms with van der Waals surface area (Å²) >= 11 is 0. The van der Waals surface area contributed by atoms with Gasteiger partial charge in [0.15, 0.2) is 0 Å². The molecule has 12 atom stereocenters. The molecular formula is C57H79NO19. The van der Waals surface area contributed by atoms with E-state index >= 15 is 0 Å². The first-order chi connectivity index (χ1) is 35.7. The summed E-state index contributed by atoms with van der Waals surface area (Å²) in [6.07, 6.45) is 5.22. The molecule has 77 heavy (non-hydrogen) atoms. The van der Waals surface area contributed by atoms with Crippen LogP contribution in [0.2, 0.25) is 0 Å². The second kappa shape index (κ2) is 23.6. The smallest absolute Gasteiger partial charge is 0.426 e. The third kappa shape index (κ3) is 14.8. The minimum absolute atomic E-state index is 0.0145. The fourth-order valence-corrected chi connectivity index (χ4v) is 12.4. The Hall–Kier alpha value is -5.89. The zero-order chi connectivity index (χ0) is 57.3. The highest BCUT2D eigenvalue weighted by molar-refractivity contribution is 6.06. The molecule has 426 valence electrons. The van der Waals surface area contributed by atoms with E-state index < -0.39 is 52.4 Å². The van der Waals surface area contributed by atoms with Crippen molar-refractivity contribution in [3.05, 3.63) is 48.6 Å². The number of amides is 3. The van der Waals surface area contributed by atoms with Gasteiger partial charge in [-0.25, -0.2) is 28.8 Å². The van der Waals surface area contributed by atoms with Gasteiger partial charge in [-0.1, -0.05) is 26.3 Å². The Labute approximate surface area is 450 Å². The van der Waals surface area contributed by atoms with Crippen LogP contribution in [-0.4, -0.2) is 130 Å². The van der Waals surface area contributed by atoms with Crippen LogP contribution in [0.15, 0.2) is 48.6 Å². The van der Waals surface area contributed by atoms with Gasteiger partial charge < -0.3 is 47.7 Å². The quantitative estimate of drug-likeness (QED) is 0.0851. The van der Waals surface area contributed by atoms with Crippen LogP contribution in [0.5, 0.6) is 0 Å². The van der Waals surface area contributed by atoms with Gasteiger partial charge in [0.25, 0.3) is 0 Å². The van der Waals surface area contributed by atoms with Gasteiger partial charge in [-0.3, -0.25) is 14.4 Å². The maximum absolute atomic E-state index is 12.4. The molecule has 0 aromatic heterocycles. The molecule has 20 heteroatoms. The van der Waals surface area contributed by atoms with Crippen molar-refractivity contribution in [1.82, 2.24) is 4.90 Å². The summed E-state index contributed by atoms with van der Waals surface area (Å²) in [4.78, 5) is 106. The van der Waals surface area contributed by atoms with E-state index in [4.69, 9.17) is 42.6 Å². The highest BCUT2D eigenvalue weighted by Crippen LogP contribution is 2.59. The van der Waals surface area contributed by atoms with Crippen molar-refractivity contribution in [1.29, 1.82) is 0 Å². The normalized spacial score (nSPS) is 32.7. The van der Waals surface area contributed by atoms with Gasteiger partial charge in [0.2, 0.25) is 5.91 Å². The number of ether oxygens (including phenoxy) is 9. The Morgan fingerprint density at radius 1 is 0.675 bits per heavy atom. The Morgan fingerprint density at radius 3 is 1.77 bits per heavy atom. The van der Waals surface area contributed by atoms with Crippen molar-refractivity contribution in [2.45, 2.75) is 199 Å². The first-order valence-corrected chi connectivity index (χ1v) is 26.7. The Bertz CT molecular complexity index is 2370. The average Bonchev–Trinajstić information content (AvgIpc) is 4.15. The van der Waals surface area contributed by atoms with Crippen LogP contribution in [0.25, 0.3) is 0 Å². The number of imide groups is 3. The number of rotatable bonds is 12. The molecule has 4 saturated heterocycles. The Balaban J connectivity index is 0.000000170. The standard InChI is InChI=1S/C19H31NO7.C14H20O3.C12H14O5.C12H14O4/c1-13(2)15(22)25-12-10-9-11-14(21)20(16(23)26-18(3,4)5)17(24)27-19(6,7)8;1-9(2)12(15)17-14-6-10-3-11(7-14)5-13(16,4-10)8-14;1-5(2)11(13)17-8-3-7-6-4-15-12(14)9(6)10(8)16-7;1-5(2)11(13)15-9-6-3-7-8(4-6)12(14)16-10(7)9/h1,9-12H2,2-8H3;10-11,16H,1,3-8H2,2H3;6-10H,1,3-4H2,2H3;6-10H,1,3-4H2,2H3. The molecule has 10 fully saturated rings. The number of carbonyl (C=O) groups excluding carboxylic acids is 9. The van der Waals surface area contributed by atoms with Gasteiger partial charge in [-0.05, 0) is 139 Å². The molecule has 1 N–H and O–H groups in total. The molecule has 10 aliphatic rings. The van der Waals surface area contributed by atoms with Gasteiger partial charge in [0.1, 0.15) is 41.2 Å². The van der Waals surface area contributed by atoms with E-state index in [1.807, 2.05) is 0 Å². The molecule has 4 heterocycles. The molecule has 0 radical (unpaired) electrons. The second-order valence-corrected chi connectivity index (χ2v) is 24.6. The number of esters is 6. The molecule has 3 amide bonds. The SMILES string of the molecule is C=C(C)C(=O)OC12CC3CC(CC(O)(C3)C1)C2.C=C(C)C(=O)OC1C2CC3C(=O)OC1C3C2.C=C(C)C(=O)OC1CC2OC1C1C(=O)OCC21.C=C(C)C(=O)OCCCCC(=O)N(C(=O)OC(C)(C)C)C(=O)OC(C)(C)C. The lowest BCUT2D eigenvalue weighted by atomic mass is 9.52. The fraction of sp³-hybridized carbons (Fsp3) is 0.702. The molecule has 0 aromatic carbocycles. The van der Waals surface area contributed by atoms with Crippen LogP contribution in [-0.2, 0) is 76.2 Å². The van der Waals surface area contributed by atoms with Crippen LogP contribution in [0.3, 0.4) is 0 Å². The maximum Gasteiger partial charge on any atom is 0.426 e. The maximum atomic E-state index is 12.4. The zero-order valence-electron chi connectivity index (χ0n) is 46.4. The lowest BCUT2D eigenvalue weighted by Gasteiger charge is -2.59. The van der Waals surface area contributed by atoms with Gasteiger partial charge >= 0.3 is 48.0 Å². The molecule has 0 aromatic rings. The first-order valence-electron chi connectivity index (χ1n) is 26.7. The number of fused-ring (bicyclic) bond motifs is 6. The molecule has 6 saturated carbocycles. The van der Waals surface area contributed by atoms with E-state index in [-0.39, 0.29) is 96.7 Å². The predicted molar refractivity (Wildman–Crippen MR) is 272 cm³/mol. The highest BCUT2D eigenvalue weighted by atomic mass is 16.6. The van der Waals surface area contributed by atoms with Gasteiger partial charge in [-0.15, -0.1) is 4.90 Å². The molecule has 0 spiro atoms. The largest absolute Gasteiger partial charge is 0.465 e. The van der Waals surface area contributed by atoms with Crippen LogP contribution < -0.4 is 0 Å². The van der Waals surface area contributed by atoms with Gasteiger partial charge in [0, 0.05) is 59.3 Å². The summed E-state index contributed by atoms with van der Waals surface area (Å²) in [5.74, 6) is -1.06. The monoisotopic (exact) mass is 1080 g/mol. The molecule has 12 unspecified atom stereocenters. The fourth-order valence-electron chi connectivity index (χ4n) is 12.4. The summed E-state index contributed by atoms with van der Waals surface area (Å²) in [6.45, 7) is 30.9. The van der Waals surface area contributed by atoms with Crippen molar-refractivity contribution < 1.29 is 90.9 Å². The summed E-state index contributed by atoms with van der Waals surface area (Å²) in [5, 5.41) is 10.5. The highest BCUT2D eigenvalue weighted by Gasteiger charge is 2.64. The molecular weight excluding hydrogens is 1000 g/mol. The molecule has 8 bridgehead atoms. The van der Waals surface area contributed by atoms with E-state index in [0.717, 1.165) is 38.5 Å². The summed E-state index contributed by atoms with van der Waals surface area (Å²) in [7, 11) is 0. The third-order valence-electron chi connectivity index (χ3n) is 15.2. The minimum Gasteiger partial charge on any atom is -0.465 e. The van der Waals surface area contributed by atoms with Crippen molar-refractivity contribution >= 4 is 53.9 Å². The number of nitrogens with zero attached hydrogens (tertiary/aromatic N) is 1. The van der Waals surface area contributed by atoms with E-state index in [9.17, 15) is 48.3 Å². The van der Waals surface area contributed by atoms with Crippen LogP contribution in [0.4, 0.5) is 9.59 Å².